The summed E-state index contributed by atoms with van der Waals surface area (Å²) in [6.07, 6.45) is 0.531. The van der Waals surface area contributed by atoms with Gasteiger partial charge in [0.25, 0.3) is 0 Å². The minimum absolute atomic E-state index is 0. The van der Waals surface area contributed by atoms with Gasteiger partial charge in [-0.25, -0.2) is 9.59 Å². The van der Waals surface area contributed by atoms with Crippen LogP contribution in [0.4, 0.5) is 4.79 Å². The summed E-state index contributed by atoms with van der Waals surface area (Å²) in [6.45, 7) is 5.58. The topological polar surface area (TPSA) is 64.6 Å². The van der Waals surface area contributed by atoms with E-state index < -0.39 is 12.1 Å². The normalized spacial score (nSPS) is 8.69. The zero-order chi connectivity index (χ0) is 10.1. The van der Waals surface area contributed by atoms with E-state index in [9.17, 15) is 9.59 Å². The smallest absolute Gasteiger partial charge is 0.407 e. The largest absolute Gasteiger partial charge is 0.459 e. The van der Waals surface area contributed by atoms with E-state index in [-0.39, 0.29) is 14.6 Å². The Kier molecular flexibility index (Phi) is 6.31. The second kappa shape index (κ2) is 7.15. The van der Waals surface area contributed by atoms with E-state index in [1.54, 1.807) is 6.92 Å². The molecule has 0 aliphatic carbocycles. The minimum Gasteiger partial charge on any atom is -0.459 e. The van der Waals surface area contributed by atoms with E-state index in [4.69, 9.17) is 0 Å². The molecule has 5 heteroatoms. The third-order valence-corrected chi connectivity index (χ3v) is 1.05. The molecule has 0 saturated heterocycles. The average molecular weight is 189 g/mol. The van der Waals surface area contributed by atoms with Crippen LogP contribution in [0.15, 0.2) is 12.7 Å². The number of hydrogen-bond acceptors (Lipinski definition) is 4. The summed E-state index contributed by atoms with van der Waals surface area (Å²) in [5.41, 5.74) is 0. The minimum atomic E-state index is -0.528. The molecule has 0 aliphatic heterocycles. The quantitative estimate of drug-likeness (QED) is 0.393. The SMILES string of the molecule is C=CC(=O)OCCOC(=O)NCC.[HH]. The first kappa shape index (κ1) is 11.5. The Bertz CT molecular complexity index is 196. The van der Waals surface area contributed by atoms with Crippen LogP contribution >= 0.6 is 0 Å². The zero-order valence-electron chi connectivity index (χ0n) is 7.54. The van der Waals surface area contributed by atoms with Crippen LogP contribution in [-0.2, 0) is 14.3 Å². The Labute approximate surface area is 78.2 Å². The molecule has 0 rings (SSSR count). The fraction of sp³-hybridized carbons (Fsp3) is 0.500. The number of alkyl carbamates (subject to hydrolysis) is 1. The van der Waals surface area contributed by atoms with Gasteiger partial charge < -0.3 is 14.8 Å². The molecule has 0 saturated carbocycles. The molecule has 0 fully saturated rings. The first-order valence-electron chi connectivity index (χ1n) is 3.90. The van der Waals surface area contributed by atoms with E-state index in [2.05, 4.69) is 21.4 Å². The highest BCUT2D eigenvalue weighted by Crippen LogP contribution is 1.82. The van der Waals surface area contributed by atoms with Crippen molar-refractivity contribution in [3.63, 3.8) is 0 Å². The molecule has 0 heterocycles. The summed E-state index contributed by atoms with van der Waals surface area (Å²) in [5.74, 6) is -0.528. The molecule has 1 amide bonds. The Morgan fingerprint density at radius 2 is 2.08 bits per heavy atom. The summed E-state index contributed by atoms with van der Waals surface area (Å²) in [6, 6.07) is 0. The average Bonchev–Trinajstić information content (AvgIpc) is 2.12. The highest BCUT2D eigenvalue weighted by atomic mass is 16.6. The predicted octanol–water partition coefficient (Wildman–Crippen LogP) is 0.708. The van der Waals surface area contributed by atoms with E-state index in [0.717, 1.165) is 6.08 Å². The van der Waals surface area contributed by atoms with Gasteiger partial charge in [0.1, 0.15) is 13.2 Å². The molecule has 0 atom stereocenters. The molecule has 0 aromatic heterocycles. The Morgan fingerprint density at radius 1 is 1.46 bits per heavy atom. The Hall–Kier alpha value is -1.52. The summed E-state index contributed by atoms with van der Waals surface area (Å²) in [4.78, 5) is 21.1. The molecular weight excluding hydrogens is 174 g/mol. The Morgan fingerprint density at radius 3 is 2.62 bits per heavy atom. The highest BCUT2D eigenvalue weighted by Gasteiger charge is 1.99. The van der Waals surface area contributed by atoms with Crippen LogP contribution in [-0.4, -0.2) is 31.8 Å². The van der Waals surface area contributed by atoms with Crippen molar-refractivity contribution < 1.29 is 20.5 Å². The lowest BCUT2D eigenvalue weighted by Crippen LogP contribution is -2.25. The van der Waals surface area contributed by atoms with Crippen molar-refractivity contribution in [3.05, 3.63) is 12.7 Å². The van der Waals surface area contributed by atoms with Crippen molar-refractivity contribution >= 4 is 12.1 Å². The number of carbonyl (C=O) groups excluding carboxylic acids is 2. The number of esters is 1. The van der Waals surface area contributed by atoms with Gasteiger partial charge in [0.15, 0.2) is 0 Å². The van der Waals surface area contributed by atoms with Crippen LogP contribution in [0.5, 0.6) is 0 Å². The number of amides is 1. The van der Waals surface area contributed by atoms with Crippen molar-refractivity contribution in [2.24, 2.45) is 0 Å². The first-order chi connectivity index (χ1) is 6.20. The second-order valence-corrected chi connectivity index (χ2v) is 2.04. The van der Waals surface area contributed by atoms with Crippen molar-refractivity contribution in [2.75, 3.05) is 19.8 Å². The third-order valence-electron chi connectivity index (χ3n) is 1.05. The number of carbonyl (C=O) groups is 2. The molecule has 5 nitrogen and oxygen atoms in total. The molecule has 0 spiro atoms. The van der Waals surface area contributed by atoms with Gasteiger partial charge in [-0.15, -0.1) is 0 Å². The maximum absolute atomic E-state index is 10.7. The lowest BCUT2D eigenvalue weighted by atomic mass is 10.6. The summed E-state index contributed by atoms with van der Waals surface area (Å²) >= 11 is 0. The summed E-state index contributed by atoms with van der Waals surface area (Å²) in [7, 11) is 0. The molecule has 0 aromatic rings. The molecule has 0 bridgehead atoms. The predicted molar refractivity (Wildman–Crippen MR) is 48.3 cm³/mol. The molecule has 0 unspecified atom stereocenters. The van der Waals surface area contributed by atoms with Crippen LogP contribution in [0.1, 0.15) is 8.35 Å². The van der Waals surface area contributed by atoms with Gasteiger partial charge in [0, 0.05) is 14.0 Å². The van der Waals surface area contributed by atoms with Gasteiger partial charge in [-0.05, 0) is 6.92 Å². The molecule has 1 N–H and O–H groups in total. The zero-order valence-corrected chi connectivity index (χ0v) is 7.54. The number of ether oxygens (including phenoxy) is 2. The summed E-state index contributed by atoms with van der Waals surface area (Å²) in [5, 5.41) is 2.43. The molecule has 0 radical (unpaired) electrons. The fourth-order valence-corrected chi connectivity index (χ4v) is 0.531. The Balaban J connectivity index is 0. The van der Waals surface area contributed by atoms with Crippen molar-refractivity contribution in [2.45, 2.75) is 6.92 Å². The highest BCUT2D eigenvalue weighted by molar-refractivity contribution is 5.81. The van der Waals surface area contributed by atoms with Crippen molar-refractivity contribution in [1.29, 1.82) is 0 Å². The van der Waals surface area contributed by atoms with E-state index in [1.165, 1.54) is 0 Å². The molecule has 13 heavy (non-hydrogen) atoms. The monoisotopic (exact) mass is 189 g/mol. The number of rotatable bonds is 5. The summed E-state index contributed by atoms with van der Waals surface area (Å²) < 4.78 is 9.17. The molecule has 76 valence electrons. The standard InChI is InChI=1S/C8H13NO4.H2/c1-3-7(10)12-5-6-13-8(11)9-4-2;/h3H,1,4-6H2,2H3,(H,9,11);1H. The van der Waals surface area contributed by atoms with Crippen LogP contribution < -0.4 is 5.32 Å². The maximum atomic E-state index is 10.7. The molecule has 0 aliphatic rings. The van der Waals surface area contributed by atoms with Gasteiger partial charge in [0.05, 0.1) is 0 Å². The van der Waals surface area contributed by atoms with Crippen LogP contribution in [0.3, 0.4) is 0 Å². The van der Waals surface area contributed by atoms with E-state index in [0.29, 0.717) is 6.54 Å². The van der Waals surface area contributed by atoms with Gasteiger partial charge in [0.2, 0.25) is 0 Å². The maximum Gasteiger partial charge on any atom is 0.407 e. The lowest BCUT2D eigenvalue weighted by molar-refractivity contribution is -0.138. The lowest BCUT2D eigenvalue weighted by Gasteiger charge is -2.04. The van der Waals surface area contributed by atoms with Crippen LogP contribution in [0.2, 0.25) is 0 Å². The second-order valence-electron chi connectivity index (χ2n) is 2.04. The van der Waals surface area contributed by atoms with Gasteiger partial charge >= 0.3 is 12.1 Å². The van der Waals surface area contributed by atoms with E-state index in [1.807, 2.05) is 0 Å². The third kappa shape index (κ3) is 6.86. The first-order valence-corrected chi connectivity index (χ1v) is 3.90. The van der Waals surface area contributed by atoms with Crippen LogP contribution in [0.25, 0.3) is 0 Å². The molecule has 0 aromatic carbocycles. The van der Waals surface area contributed by atoms with Gasteiger partial charge in [-0.3, -0.25) is 0 Å². The fourth-order valence-electron chi connectivity index (χ4n) is 0.531. The van der Waals surface area contributed by atoms with Crippen LogP contribution in [0, 0.1) is 0 Å². The van der Waals surface area contributed by atoms with Crippen molar-refractivity contribution in [3.8, 4) is 0 Å². The van der Waals surface area contributed by atoms with Gasteiger partial charge in [-0.2, -0.15) is 0 Å². The number of hydrogen-bond donors (Lipinski definition) is 1. The van der Waals surface area contributed by atoms with Gasteiger partial charge in [-0.1, -0.05) is 6.58 Å². The van der Waals surface area contributed by atoms with Crippen molar-refractivity contribution in [1.82, 2.24) is 5.32 Å². The van der Waals surface area contributed by atoms with E-state index >= 15 is 0 Å². The number of nitrogens with one attached hydrogen (secondary N) is 1. The molecular formula is C8H15NO4.